The molecule has 3 rings (SSSR count). The van der Waals surface area contributed by atoms with Gasteiger partial charge in [-0.25, -0.2) is 0 Å². The first-order valence-electron chi connectivity index (χ1n) is 12.6. The SMILES string of the molecule is C=CCCC(NCC1=CC(C2CCN(Cc3cccc(C)c3)CC2)CC=C1C=C)C(=C)NC. The van der Waals surface area contributed by atoms with Gasteiger partial charge in [0.25, 0.3) is 0 Å². The molecule has 1 fully saturated rings. The third-order valence-electron chi connectivity index (χ3n) is 7.28. The Morgan fingerprint density at radius 1 is 1.24 bits per heavy atom. The van der Waals surface area contributed by atoms with Gasteiger partial charge in [-0.1, -0.05) is 67.3 Å². The van der Waals surface area contributed by atoms with Crippen LogP contribution < -0.4 is 10.6 Å². The molecule has 1 aromatic rings. The number of benzene rings is 1. The lowest BCUT2D eigenvalue weighted by Gasteiger charge is -2.36. The van der Waals surface area contributed by atoms with E-state index in [0.29, 0.717) is 5.92 Å². The van der Waals surface area contributed by atoms with E-state index in [2.05, 4.69) is 78.6 Å². The minimum absolute atomic E-state index is 0.241. The molecule has 2 atom stereocenters. The van der Waals surface area contributed by atoms with Gasteiger partial charge in [0, 0.05) is 31.9 Å². The van der Waals surface area contributed by atoms with Crippen molar-refractivity contribution in [2.24, 2.45) is 11.8 Å². The Morgan fingerprint density at radius 2 is 2.03 bits per heavy atom. The molecule has 1 aromatic carbocycles. The number of likely N-dealkylation sites (N-methyl/N-ethyl adjacent to an activating group) is 1. The van der Waals surface area contributed by atoms with Gasteiger partial charge in [0.2, 0.25) is 0 Å². The van der Waals surface area contributed by atoms with Crippen LogP contribution >= 0.6 is 0 Å². The summed E-state index contributed by atoms with van der Waals surface area (Å²) in [5, 5.41) is 6.95. The summed E-state index contributed by atoms with van der Waals surface area (Å²) in [4.78, 5) is 2.62. The van der Waals surface area contributed by atoms with Crippen molar-refractivity contribution in [2.45, 2.75) is 51.6 Å². The van der Waals surface area contributed by atoms with E-state index in [-0.39, 0.29) is 6.04 Å². The molecule has 3 heteroatoms. The number of likely N-dealkylation sites (tertiary alicyclic amines) is 1. The second-order valence-corrected chi connectivity index (χ2v) is 9.63. The molecule has 0 amide bonds. The van der Waals surface area contributed by atoms with Gasteiger partial charge in [-0.05, 0) is 80.7 Å². The molecule has 0 radical (unpaired) electrons. The van der Waals surface area contributed by atoms with E-state index in [4.69, 9.17) is 0 Å². The van der Waals surface area contributed by atoms with Crippen molar-refractivity contribution < 1.29 is 0 Å². The molecule has 1 aliphatic carbocycles. The van der Waals surface area contributed by atoms with Crippen molar-refractivity contribution in [3.8, 4) is 0 Å². The van der Waals surface area contributed by atoms with Gasteiger partial charge in [-0.3, -0.25) is 4.90 Å². The minimum Gasteiger partial charge on any atom is -0.391 e. The van der Waals surface area contributed by atoms with Crippen molar-refractivity contribution in [3.63, 3.8) is 0 Å². The molecule has 0 spiro atoms. The van der Waals surface area contributed by atoms with Gasteiger partial charge in [0.15, 0.2) is 0 Å². The summed E-state index contributed by atoms with van der Waals surface area (Å²) in [6.45, 7) is 18.6. The summed E-state index contributed by atoms with van der Waals surface area (Å²) in [5.41, 5.74) is 6.50. The largest absolute Gasteiger partial charge is 0.391 e. The Labute approximate surface area is 202 Å². The van der Waals surface area contributed by atoms with Crippen molar-refractivity contribution in [3.05, 3.63) is 96.3 Å². The van der Waals surface area contributed by atoms with Crippen LogP contribution in [0.5, 0.6) is 0 Å². The van der Waals surface area contributed by atoms with Crippen LogP contribution in [0.15, 0.2) is 85.1 Å². The topological polar surface area (TPSA) is 27.3 Å². The number of aryl methyl sites for hydroxylation is 1. The van der Waals surface area contributed by atoms with Crippen LogP contribution in [0.4, 0.5) is 0 Å². The molecule has 0 saturated carbocycles. The number of nitrogens with zero attached hydrogens (tertiary/aromatic N) is 1. The third-order valence-corrected chi connectivity index (χ3v) is 7.28. The molecule has 33 heavy (non-hydrogen) atoms. The lowest BCUT2D eigenvalue weighted by Crippen LogP contribution is -2.37. The van der Waals surface area contributed by atoms with Crippen LogP contribution in [0.3, 0.4) is 0 Å². The maximum Gasteiger partial charge on any atom is 0.0468 e. The summed E-state index contributed by atoms with van der Waals surface area (Å²) in [6.07, 6.45) is 14.6. The smallest absolute Gasteiger partial charge is 0.0468 e. The van der Waals surface area contributed by atoms with Crippen LogP contribution in [0.25, 0.3) is 0 Å². The third kappa shape index (κ3) is 7.31. The van der Waals surface area contributed by atoms with Gasteiger partial charge < -0.3 is 10.6 Å². The van der Waals surface area contributed by atoms with E-state index in [1.807, 2.05) is 19.2 Å². The van der Waals surface area contributed by atoms with Crippen molar-refractivity contribution in [2.75, 3.05) is 26.7 Å². The molecule has 3 nitrogen and oxygen atoms in total. The van der Waals surface area contributed by atoms with Gasteiger partial charge in [0.05, 0.1) is 0 Å². The Hall–Kier alpha value is -2.36. The summed E-state index contributed by atoms with van der Waals surface area (Å²) < 4.78 is 0. The van der Waals surface area contributed by atoms with Crippen molar-refractivity contribution in [1.29, 1.82) is 0 Å². The molecular weight excluding hydrogens is 402 g/mol. The van der Waals surface area contributed by atoms with E-state index in [1.165, 1.54) is 48.2 Å². The zero-order valence-corrected chi connectivity index (χ0v) is 20.8. The van der Waals surface area contributed by atoms with E-state index < -0.39 is 0 Å². The van der Waals surface area contributed by atoms with Crippen LogP contribution in [0.2, 0.25) is 0 Å². The molecule has 1 heterocycles. The maximum absolute atomic E-state index is 4.19. The molecule has 2 N–H and O–H groups in total. The fourth-order valence-corrected chi connectivity index (χ4v) is 5.22. The zero-order valence-electron chi connectivity index (χ0n) is 20.8. The fraction of sp³-hybridized carbons (Fsp3) is 0.467. The Kier molecular flexibility index (Phi) is 9.77. The molecule has 178 valence electrons. The monoisotopic (exact) mass is 445 g/mol. The van der Waals surface area contributed by atoms with Crippen LogP contribution in [0, 0.1) is 18.8 Å². The molecule has 2 aliphatic rings. The van der Waals surface area contributed by atoms with E-state index in [0.717, 1.165) is 44.0 Å². The van der Waals surface area contributed by atoms with Crippen molar-refractivity contribution in [1.82, 2.24) is 15.5 Å². The Morgan fingerprint density at radius 3 is 2.70 bits per heavy atom. The van der Waals surface area contributed by atoms with Crippen LogP contribution in [-0.2, 0) is 6.54 Å². The van der Waals surface area contributed by atoms with Crippen LogP contribution in [0.1, 0.15) is 43.2 Å². The predicted molar refractivity (Wildman–Crippen MR) is 143 cm³/mol. The molecule has 0 bridgehead atoms. The quantitative estimate of drug-likeness (QED) is 0.391. The Balaban J connectivity index is 1.57. The van der Waals surface area contributed by atoms with Gasteiger partial charge >= 0.3 is 0 Å². The summed E-state index contributed by atoms with van der Waals surface area (Å²) in [6, 6.07) is 9.18. The molecule has 2 unspecified atom stereocenters. The first-order chi connectivity index (χ1) is 16.0. The minimum atomic E-state index is 0.241. The second kappa shape index (κ2) is 12.8. The number of rotatable bonds is 12. The summed E-state index contributed by atoms with van der Waals surface area (Å²) in [5.74, 6) is 1.39. The highest BCUT2D eigenvalue weighted by molar-refractivity contribution is 5.43. The highest BCUT2D eigenvalue weighted by atomic mass is 15.1. The molecule has 1 saturated heterocycles. The molecular formula is C30H43N3. The first-order valence-corrected chi connectivity index (χ1v) is 12.6. The number of hydrogen-bond acceptors (Lipinski definition) is 3. The van der Waals surface area contributed by atoms with E-state index in [9.17, 15) is 0 Å². The fourth-order valence-electron chi connectivity index (χ4n) is 5.22. The molecule has 0 aromatic heterocycles. The average Bonchev–Trinajstić information content (AvgIpc) is 2.84. The number of hydrogen-bond donors (Lipinski definition) is 2. The zero-order chi connectivity index (χ0) is 23.6. The summed E-state index contributed by atoms with van der Waals surface area (Å²) in [7, 11) is 1.95. The lowest BCUT2D eigenvalue weighted by atomic mass is 9.77. The van der Waals surface area contributed by atoms with Gasteiger partial charge in [0.1, 0.15) is 0 Å². The lowest BCUT2D eigenvalue weighted by molar-refractivity contribution is 0.154. The molecule has 1 aliphatic heterocycles. The number of allylic oxidation sites excluding steroid dienone is 4. The maximum atomic E-state index is 4.19. The number of nitrogens with one attached hydrogen (secondary N) is 2. The average molecular weight is 446 g/mol. The van der Waals surface area contributed by atoms with Crippen molar-refractivity contribution >= 4 is 0 Å². The van der Waals surface area contributed by atoms with E-state index in [1.54, 1.807) is 0 Å². The van der Waals surface area contributed by atoms with Crippen LogP contribution in [-0.4, -0.2) is 37.6 Å². The van der Waals surface area contributed by atoms with Gasteiger partial charge in [-0.15, -0.1) is 6.58 Å². The standard InChI is InChI=1S/C30H43N3/c1-6-8-12-30(24(4)31-5)32-21-29-20-28(14-13-26(29)7-2)27-15-17-33(18-16-27)22-25-11-9-10-23(3)19-25/h6-7,9-11,13,19-20,27-28,30-32H,1-2,4,8,12,14-18,21-22H2,3,5H3. The highest BCUT2D eigenvalue weighted by Gasteiger charge is 2.27. The summed E-state index contributed by atoms with van der Waals surface area (Å²) >= 11 is 0. The first kappa shape index (κ1) is 25.3. The number of piperidine rings is 1. The normalized spacial score (nSPS) is 20.5. The van der Waals surface area contributed by atoms with Gasteiger partial charge in [-0.2, -0.15) is 0 Å². The van der Waals surface area contributed by atoms with E-state index >= 15 is 0 Å². The Bertz CT molecular complexity index is 870. The predicted octanol–water partition coefficient (Wildman–Crippen LogP) is 5.92. The highest BCUT2D eigenvalue weighted by Crippen LogP contribution is 2.34. The second-order valence-electron chi connectivity index (χ2n) is 9.63.